The van der Waals surface area contributed by atoms with Crippen LogP contribution in [-0.2, 0) is 9.47 Å². The summed E-state index contributed by atoms with van der Waals surface area (Å²) in [5.41, 5.74) is 5.22. The van der Waals surface area contributed by atoms with Crippen molar-refractivity contribution in [2.75, 3.05) is 13.2 Å². The lowest BCUT2D eigenvalue weighted by molar-refractivity contribution is -0.192. The van der Waals surface area contributed by atoms with Gasteiger partial charge in [-0.25, -0.2) is 0 Å². The highest BCUT2D eigenvalue weighted by Crippen LogP contribution is 1.99. The molecule has 0 radical (unpaired) electrons. The molecule has 0 aromatic rings. The molecule has 0 aliphatic rings. The number of hydrogen-bond donors (Lipinski definition) is 2. The third-order valence-electron chi connectivity index (χ3n) is 1.25. The summed E-state index contributed by atoms with van der Waals surface area (Å²) in [4.78, 5) is 0. The summed E-state index contributed by atoms with van der Waals surface area (Å²) < 4.78 is 10.3. The average Bonchev–Trinajstić information content (AvgIpc) is 2.04. The minimum atomic E-state index is -1.05. The van der Waals surface area contributed by atoms with Crippen LogP contribution in [0, 0.1) is 0 Å². The van der Waals surface area contributed by atoms with Gasteiger partial charge in [-0.15, -0.1) is 0 Å². The Bertz CT molecular complexity index is 90.3. The highest BCUT2D eigenvalue weighted by molar-refractivity contribution is 4.50. The number of hydrogen-bond acceptors (Lipinski definition) is 4. The van der Waals surface area contributed by atoms with Crippen molar-refractivity contribution in [1.29, 1.82) is 0 Å². The van der Waals surface area contributed by atoms with E-state index in [1.807, 2.05) is 13.8 Å². The normalized spacial score (nSPS) is 13.8. The Morgan fingerprint density at radius 3 is 1.83 bits per heavy atom. The number of rotatable bonds is 7. The molecular formula is C8H19NO3. The molecule has 4 nitrogen and oxygen atoms in total. The third-order valence-corrected chi connectivity index (χ3v) is 1.25. The average molecular weight is 177 g/mol. The molecule has 4 heteroatoms. The van der Waals surface area contributed by atoms with Crippen molar-refractivity contribution in [2.24, 2.45) is 5.73 Å². The van der Waals surface area contributed by atoms with Crippen LogP contribution in [-0.4, -0.2) is 30.8 Å². The lowest BCUT2D eigenvalue weighted by Gasteiger charge is -2.20. The molecule has 0 heterocycles. The van der Waals surface area contributed by atoms with E-state index >= 15 is 0 Å². The van der Waals surface area contributed by atoms with Gasteiger partial charge in [0.1, 0.15) is 0 Å². The molecule has 0 amide bonds. The van der Waals surface area contributed by atoms with Crippen LogP contribution in [0.25, 0.3) is 0 Å². The fourth-order valence-corrected chi connectivity index (χ4v) is 0.713. The molecule has 0 aromatic heterocycles. The van der Waals surface area contributed by atoms with Gasteiger partial charge in [0.15, 0.2) is 12.5 Å². The molecule has 0 aromatic carbocycles. The lowest BCUT2D eigenvalue weighted by Crippen LogP contribution is -2.39. The molecule has 0 spiro atoms. The van der Waals surface area contributed by atoms with Crippen LogP contribution in [0.3, 0.4) is 0 Å². The van der Waals surface area contributed by atoms with Crippen molar-refractivity contribution in [1.82, 2.24) is 0 Å². The second-order valence-electron chi connectivity index (χ2n) is 2.60. The molecule has 0 bridgehead atoms. The highest BCUT2D eigenvalue weighted by Gasteiger charge is 2.15. The van der Waals surface area contributed by atoms with Crippen LogP contribution in [0.2, 0.25) is 0 Å². The first-order valence-corrected chi connectivity index (χ1v) is 4.39. The number of aliphatic hydroxyl groups excluding tert-OH is 1. The molecule has 74 valence electrons. The fraction of sp³-hybridized carbons (Fsp3) is 1.00. The second-order valence-corrected chi connectivity index (χ2v) is 2.60. The maximum atomic E-state index is 8.99. The van der Waals surface area contributed by atoms with Crippen LogP contribution < -0.4 is 5.73 Å². The van der Waals surface area contributed by atoms with Crippen molar-refractivity contribution >= 4 is 0 Å². The molecule has 0 saturated carbocycles. The van der Waals surface area contributed by atoms with Gasteiger partial charge in [0.25, 0.3) is 0 Å². The largest absolute Gasteiger partial charge is 0.373 e. The molecule has 0 aliphatic heterocycles. The summed E-state index contributed by atoms with van der Waals surface area (Å²) >= 11 is 0. The van der Waals surface area contributed by atoms with Gasteiger partial charge in [0, 0.05) is 13.2 Å². The van der Waals surface area contributed by atoms with Crippen LogP contribution in [0.5, 0.6) is 0 Å². The first kappa shape index (κ1) is 11.8. The van der Waals surface area contributed by atoms with Crippen molar-refractivity contribution in [2.45, 2.75) is 39.2 Å². The van der Waals surface area contributed by atoms with E-state index < -0.39 is 12.5 Å². The number of ether oxygens (including phenoxy) is 2. The molecule has 0 aliphatic carbocycles. The Morgan fingerprint density at radius 1 is 1.17 bits per heavy atom. The predicted octanol–water partition coefficient (Wildman–Crippen LogP) is 0.443. The summed E-state index contributed by atoms with van der Waals surface area (Å²) in [6, 6.07) is 0. The predicted molar refractivity (Wildman–Crippen MR) is 46.5 cm³/mol. The molecule has 0 saturated heterocycles. The molecule has 0 fully saturated rings. The van der Waals surface area contributed by atoms with Gasteiger partial charge in [0.05, 0.1) is 0 Å². The molecule has 12 heavy (non-hydrogen) atoms. The minimum absolute atomic E-state index is 0.558. The topological polar surface area (TPSA) is 64.7 Å². The SMILES string of the molecule is CCCOC(OCCC)C(N)O. The molecule has 1 atom stereocenters. The standard InChI is InChI=1S/C8H19NO3/c1-3-5-11-8(7(9)10)12-6-4-2/h7-8,10H,3-6,9H2,1-2H3. The first-order valence-electron chi connectivity index (χ1n) is 4.39. The zero-order chi connectivity index (χ0) is 9.40. The van der Waals surface area contributed by atoms with E-state index in [2.05, 4.69) is 0 Å². The van der Waals surface area contributed by atoms with Gasteiger partial charge in [-0.1, -0.05) is 13.8 Å². The molecule has 0 rings (SSSR count). The fourth-order valence-electron chi connectivity index (χ4n) is 0.713. The zero-order valence-electron chi connectivity index (χ0n) is 7.82. The smallest absolute Gasteiger partial charge is 0.196 e. The van der Waals surface area contributed by atoms with Gasteiger partial charge >= 0.3 is 0 Å². The maximum absolute atomic E-state index is 8.99. The van der Waals surface area contributed by atoms with Crippen LogP contribution in [0.4, 0.5) is 0 Å². The number of aliphatic hydroxyl groups is 1. The first-order chi connectivity index (χ1) is 5.72. The lowest BCUT2D eigenvalue weighted by atomic mass is 10.5. The van der Waals surface area contributed by atoms with E-state index in [1.165, 1.54) is 0 Å². The van der Waals surface area contributed by atoms with E-state index in [0.717, 1.165) is 12.8 Å². The van der Waals surface area contributed by atoms with Gasteiger partial charge in [0.2, 0.25) is 0 Å². The van der Waals surface area contributed by atoms with E-state index in [4.69, 9.17) is 20.3 Å². The van der Waals surface area contributed by atoms with E-state index in [-0.39, 0.29) is 0 Å². The van der Waals surface area contributed by atoms with Crippen molar-refractivity contribution < 1.29 is 14.6 Å². The number of nitrogens with two attached hydrogens (primary N) is 1. The van der Waals surface area contributed by atoms with Crippen molar-refractivity contribution in [3.05, 3.63) is 0 Å². The summed E-state index contributed by atoms with van der Waals surface area (Å²) in [5, 5.41) is 8.99. The third kappa shape index (κ3) is 5.49. The Balaban J connectivity index is 3.55. The van der Waals surface area contributed by atoms with Crippen molar-refractivity contribution in [3.63, 3.8) is 0 Å². The summed E-state index contributed by atoms with van der Waals surface area (Å²) in [6.07, 6.45) is 0.0465. The van der Waals surface area contributed by atoms with Crippen molar-refractivity contribution in [3.8, 4) is 0 Å². The van der Waals surface area contributed by atoms with Gasteiger partial charge in [-0.3, -0.25) is 0 Å². The summed E-state index contributed by atoms with van der Waals surface area (Å²) in [6.45, 7) is 5.09. The van der Waals surface area contributed by atoms with Crippen LogP contribution in [0.15, 0.2) is 0 Å². The van der Waals surface area contributed by atoms with Gasteiger partial charge < -0.3 is 20.3 Å². The molecule has 1 unspecified atom stereocenters. The molecule has 3 N–H and O–H groups in total. The quantitative estimate of drug-likeness (QED) is 0.554. The van der Waals surface area contributed by atoms with Gasteiger partial charge in [-0.2, -0.15) is 0 Å². The van der Waals surface area contributed by atoms with E-state index in [9.17, 15) is 0 Å². The Hall–Kier alpha value is -0.160. The highest BCUT2D eigenvalue weighted by atomic mass is 16.7. The maximum Gasteiger partial charge on any atom is 0.196 e. The Kier molecular flexibility index (Phi) is 7.39. The Labute approximate surface area is 73.7 Å². The van der Waals surface area contributed by atoms with E-state index in [0.29, 0.717) is 13.2 Å². The van der Waals surface area contributed by atoms with Crippen LogP contribution >= 0.6 is 0 Å². The minimum Gasteiger partial charge on any atom is -0.373 e. The zero-order valence-corrected chi connectivity index (χ0v) is 7.82. The van der Waals surface area contributed by atoms with Crippen LogP contribution in [0.1, 0.15) is 26.7 Å². The molecular weight excluding hydrogens is 158 g/mol. The summed E-state index contributed by atoms with van der Waals surface area (Å²) in [5.74, 6) is 0. The van der Waals surface area contributed by atoms with E-state index in [1.54, 1.807) is 0 Å². The Morgan fingerprint density at radius 2 is 1.58 bits per heavy atom. The summed E-state index contributed by atoms with van der Waals surface area (Å²) in [7, 11) is 0. The van der Waals surface area contributed by atoms with Gasteiger partial charge in [-0.05, 0) is 12.8 Å². The second kappa shape index (κ2) is 7.49. The monoisotopic (exact) mass is 177 g/mol.